The summed E-state index contributed by atoms with van der Waals surface area (Å²) in [7, 11) is 0. The predicted molar refractivity (Wildman–Crippen MR) is 75.1 cm³/mol. The van der Waals surface area contributed by atoms with E-state index in [1.54, 1.807) is 0 Å². The van der Waals surface area contributed by atoms with E-state index in [-0.39, 0.29) is 23.5 Å². The Labute approximate surface area is 124 Å². The zero-order chi connectivity index (χ0) is 16.3. The Balaban J connectivity index is 2.04. The van der Waals surface area contributed by atoms with Gasteiger partial charge in [-0.2, -0.15) is 13.2 Å². The first-order valence-corrected chi connectivity index (χ1v) is 6.31. The summed E-state index contributed by atoms with van der Waals surface area (Å²) < 4.78 is 37.3. The molecule has 4 N–H and O–H groups in total. The molecule has 0 saturated heterocycles. The van der Waals surface area contributed by atoms with Crippen LogP contribution in [-0.4, -0.2) is 11.0 Å². The number of benzene rings is 2. The lowest BCUT2D eigenvalue weighted by Crippen LogP contribution is -2.23. The highest BCUT2D eigenvalue weighted by Crippen LogP contribution is 2.29. The molecule has 0 saturated carbocycles. The van der Waals surface area contributed by atoms with Gasteiger partial charge in [0.1, 0.15) is 5.75 Å². The maximum absolute atomic E-state index is 12.4. The number of alkyl halides is 3. The molecule has 0 aliphatic rings. The summed E-state index contributed by atoms with van der Waals surface area (Å²) in [5.74, 6) is -0.726. The average molecular weight is 310 g/mol. The Morgan fingerprint density at radius 2 is 1.77 bits per heavy atom. The molecule has 2 aromatic rings. The highest BCUT2D eigenvalue weighted by Gasteiger charge is 2.29. The van der Waals surface area contributed by atoms with Crippen molar-refractivity contribution in [1.82, 2.24) is 5.32 Å². The lowest BCUT2D eigenvalue weighted by Gasteiger charge is -2.10. The van der Waals surface area contributed by atoms with Crippen molar-refractivity contribution >= 4 is 11.6 Å². The van der Waals surface area contributed by atoms with Gasteiger partial charge in [0, 0.05) is 6.54 Å². The molecule has 0 atom stereocenters. The van der Waals surface area contributed by atoms with Crippen molar-refractivity contribution in [3.8, 4) is 5.75 Å². The van der Waals surface area contributed by atoms with Gasteiger partial charge in [-0.15, -0.1) is 0 Å². The number of para-hydroxylation sites is 1. The van der Waals surface area contributed by atoms with Crippen LogP contribution in [0.2, 0.25) is 0 Å². The number of anilines is 1. The van der Waals surface area contributed by atoms with Crippen molar-refractivity contribution < 1.29 is 23.1 Å². The predicted octanol–water partition coefficient (Wildman–Crippen LogP) is 2.92. The molecule has 0 aliphatic heterocycles. The highest BCUT2D eigenvalue weighted by molar-refractivity contribution is 6.00. The number of amides is 1. The van der Waals surface area contributed by atoms with Crippen LogP contribution in [0.15, 0.2) is 42.5 Å². The normalized spacial score (nSPS) is 11.2. The molecule has 4 nitrogen and oxygen atoms in total. The zero-order valence-electron chi connectivity index (χ0n) is 11.3. The van der Waals surface area contributed by atoms with Gasteiger partial charge in [-0.1, -0.05) is 18.2 Å². The number of rotatable bonds is 3. The van der Waals surface area contributed by atoms with Gasteiger partial charge >= 0.3 is 6.18 Å². The number of phenolic OH excluding ortho intramolecular Hbond substituents is 1. The lowest BCUT2D eigenvalue weighted by atomic mass is 10.1. The molecule has 116 valence electrons. The highest BCUT2D eigenvalue weighted by atomic mass is 19.4. The molecule has 0 radical (unpaired) electrons. The molecule has 0 bridgehead atoms. The summed E-state index contributed by atoms with van der Waals surface area (Å²) in [6.07, 6.45) is -4.39. The number of hydrogen-bond donors (Lipinski definition) is 3. The molecule has 1 amide bonds. The minimum atomic E-state index is -4.39. The molecule has 2 aromatic carbocycles. The number of nitrogen functional groups attached to an aromatic ring is 1. The molecular weight excluding hydrogens is 297 g/mol. The number of carbonyl (C=O) groups is 1. The Morgan fingerprint density at radius 1 is 1.14 bits per heavy atom. The van der Waals surface area contributed by atoms with Crippen LogP contribution in [0.25, 0.3) is 0 Å². The van der Waals surface area contributed by atoms with E-state index in [2.05, 4.69) is 5.32 Å². The number of nitrogens with two attached hydrogens (primary N) is 1. The third-order valence-electron chi connectivity index (χ3n) is 3.06. The maximum atomic E-state index is 12.4. The summed E-state index contributed by atoms with van der Waals surface area (Å²) in [6, 6.07) is 8.73. The van der Waals surface area contributed by atoms with Crippen molar-refractivity contribution in [3.05, 3.63) is 59.2 Å². The first-order valence-electron chi connectivity index (χ1n) is 6.31. The van der Waals surface area contributed by atoms with Gasteiger partial charge in [-0.3, -0.25) is 4.79 Å². The van der Waals surface area contributed by atoms with E-state index in [1.807, 2.05) is 0 Å². The van der Waals surface area contributed by atoms with Gasteiger partial charge in [0.15, 0.2) is 0 Å². The summed E-state index contributed by atoms with van der Waals surface area (Å²) in [4.78, 5) is 11.9. The molecule has 0 heterocycles. The second-order valence-corrected chi connectivity index (χ2v) is 4.62. The van der Waals surface area contributed by atoms with Crippen molar-refractivity contribution in [2.24, 2.45) is 0 Å². The maximum Gasteiger partial charge on any atom is 0.416 e. The number of hydrogen-bond acceptors (Lipinski definition) is 3. The summed E-state index contributed by atoms with van der Waals surface area (Å²) in [5.41, 5.74) is 5.40. The summed E-state index contributed by atoms with van der Waals surface area (Å²) in [5, 5.41) is 12.0. The van der Waals surface area contributed by atoms with E-state index in [0.29, 0.717) is 5.56 Å². The number of carbonyl (C=O) groups excluding carboxylic acids is 1. The monoisotopic (exact) mass is 310 g/mol. The van der Waals surface area contributed by atoms with Crippen LogP contribution in [0.3, 0.4) is 0 Å². The Bertz CT molecular complexity index is 682. The standard InChI is InChI=1S/C15H13F3N2O2/c16-15(17,18)10-6-4-9(5-7-10)8-20-14(22)11-2-1-3-12(21)13(11)19/h1-7,21H,8,19H2,(H,20,22). The Morgan fingerprint density at radius 3 is 2.36 bits per heavy atom. The minimum Gasteiger partial charge on any atom is -0.506 e. The van der Waals surface area contributed by atoms with Gasteiger partial charge in [0.05, 0.1) is 16.8 Å². The van der Waals surface area contributed by atoms with E-state index < -0.39 is 17.6 Å². The molecule has 0 unspecified atom stereocenters. The number of halogens is 3. The molecular formula is C15H13F3N2O2. The molecule has 0 fully saturated rings. The van der Waals surface area contributed by atoms with Crippen LogP contribution < -0.4 is 11.1 Å². The molecule has 7 heteroatoms. The molecule has 0 aromatic heterocycles. The van der Waals surface area contributed by atoms with Crippen LogP contribution in [-0.2, 0) is 12.7 Å². The first kappa shape index (κ1) is 15.7. The van der Waals surface area contributed by atoms with Crippen molar-refractivity contribution in [3.63, 3.8) is 0 Å². The van der Waals surface area contributed by atoms with Crippen molar-refractivity contribution in [2.75, 3.05) is 5.73 Å². The molecule has 2 rings (SSSR count). The van der Waals surface area contributed by atoms with E-state index in [4.69, 9.17) is 5.73 Å². The topological polar surface area (TPSA) is 75.3 Å². The second-order valence-electron chi connectivity index (χ2n) is 4.62. The van der Waals surface area contributed by atoms with Gasteiger partial charge in [0.2, 0.25) is 0 Å². The first-order chi connectivity index (χ1) is 10.3. The fraction of sp³-hybridized carbons (Fsp3) is 0.133. The smallest absolute Gasteiger partial charge is 0.416 e. The van der Waals surface area contributed by atoms with Crippen LogP contribution in [0.1, 0.15) is 21.5 Å². The van der Waals surface area contributed by atoms with Gasteiger partial charge < -0.3 is 16.2 Å². The largest absolute Gasteiger partial charge is 0.506 e. The van der Waals surface area contributed by atoms with Crippen LogP contribution in [0.4, 0.5) is 18.9 Å². The molecule has 22 heavy (non-hydrogen) atoms. The van der Waals surface area contributed by atoms with Gasteiger partial charge in [-0.25, -0.2) is 0 Å². The third-order valence-corrected chi connectivity index (χ3v) is 3.06. The lowest BCUT2D eigenvalue weighted by molar-refractivity contribution is -0.137. The van der Waals surface area contributed by atoms with Crippen LogP contribution in [0, 0.1) is 0 Å². The van der Waals surface area contributed by atoms with E-state index in [1.165, 1.54) is 30.3 Å². The SMILES string of the molecule is Nc1c(O)cccc1C(=O)NCc1ccc(C(F)(F)F)cc1. The fourth-order valence-electron chi connectivity index (χ4n) is 1.84. The minimum absolute atomic E-state index is 0.0477. The van der Waals surface area contributed by atoms with E-state index in [0.717, 1.165) is 12.1 Å². The summed E-state index contributed by atoms with van der Waals surface area (Å²) >= 11 is 0. The van der Waals surface area contributed by atoms with Crippen LogP contribution in [0.5, 0.6) is 5.75 Å². The Kier molecular flexibility index (Phi) is 4.25. The van der Waals surface area contributed by atoms with Crippen molar-refractivity contribution in [2.45, 2.75) is 12.7 Å². The second kappa shape index (κ2) is 5.97. The fourth-order valence-corrected chi connectivity index (χ4v) is 1.84. The average Bonchev–Trinajstić information content (AvgIpc) is 2.47. The number of phenols is 1. The third kappa shape index (κ3) is 3.49. The van der Waals surface area contributed by atoms with Gasteiger partial charge in [-0.05, 0) is 29.8 Å². The quantitative estimate of drug-likeness (QED) is 0.603. The molecule has 0 aliphatic carbocycles. The van der Waals surface area contributed by atoms with Crippen molar-refractivity contribution in [1.29, 1.82) is 0 Å². The van der Waals surface area contributed by atoms with E-state index >= 15 is 0 Å². The number of nitrogens with one attached hydrogen (secondary N) is 1. The van der Waals surface area contributed by atoms with Gasteiger partial charge in [0.25, 0.3) is 5.91 Å². The number of aromatic hydroxyl groups is 1. The molecule has 0 spiro atoms. The summed E-state index contributed by atoms with van der Waals surface area (Å²) in [6.45, 7) is 0.0477. The van der Waals surface area contributed by atoms with E-state index in [9.17, 15) is 23.1 Å². The Hall–Kier alpha value is -2.70. The van der Waals surface area contributed by atoms with Crippen LogP contribution >= 0.6 is 0 Å². The zero-order valence-corrected chi connectivity index (χ0v) is 11.3.